The molecule has 2 aliphatic heterocycles. The van der Waals surface area contributed by atoms with E-state index in [9.17, 15) is 18.0 Å². The maximum absolute atomic E-state index is 12.9. The number of ether oxygens (including phenoxy) is 3. The summed E-state index contributed by atoms with van der Waals surface area (Å²) < 4.78 is 55.9. The van der Waals surface area contributed by atoms with E-state index in [2.05, 4.69) is 20.4 Å². The molecule has 5 rings (SSSR count). The predicted molar refractivity (Wildman–Crippen MR) is 112 cm³/mol. The molecule has 0 saturated carbocycles. The monoisotopic (exact) mass is 475 g/mol. The Bertz CT molecular complexity index is 1210. The van der Waals surface area contributed by atoms with Crippen molar-refractivity contribution in [3.63, 3.8) is 0 Å². The van der Waals surface area contributed by atoms with Gasteiger partial charge in [0.05, 0.1) is 13.2 Å². The number of fused-ring (bicyclic) bond motifs is 2. The third-order valence-corrected chi connectivity index (χ3v) is 5.65. The lowest BCUT2D eigenvalue weighted by atomic mass is 9.98. The number of hydrogen-bond donors (Lipinski definition) is 1. The summed E-state index contributed by atoms with van der Waals surface area (Å²) in [5, 5.41) is 6.93. The molecule has 0 spiro atoms. The summed E-state index contributed by atoms with van der Waals surface area (Å²) in [6.45, 7) is 0.272. The first kappa shape index (κ1) is 22.0. The Kier molecular flexibility index (Phi) is 5.50. The van der Waals surface area contributed by atoms with E-state index in [-0.39, 0.29) is 43.2 Å². The van der Waals surface area contributed by atoms with Gasteiger partial charge in [0, 0.05) is 37.0 Å². The average Bonchev–Trinajstić information content (AvgIpc) is 3.27. The lowest BCUT2D eigenvalue weighted by Gasteiger charge is -2.26. The summed E-state index contributed by atoms with van der Waals surface area (Å²) in [4.78, 5) is 21.0. The molecule has 12 heteroatoms. The number of carbonyl (C=O) groups is 1. The molecule has 2 atom stereocenters. The van der Waals surface area contributed by atoms with Gasteiger partial charge in [-0.15, -0.1) is 0 Å². The van der Waals surface area contributed by atoms with Crippen LogP contribution in [0.4, 0.5) is 13.2 Å². The lowest BCUT2D eigenvalue weighted by molar-refractivity contribution is -0.203. The molecule has 0 aliphatic carbocycles. The Labute approximate surface area is 191 Å². The molecule has 9 nitrogen and oxygen atoms in total. The molecule has 2 aromatic heterocycles. The molecular formula is C22H20F3N5O4. The number of halogens is 3. The normalized spacial score (nSPS) is 19.3. The number of alkyl halides is 3. The second-order valence-electron chi connectivity index (χ2n) is 7.99. The van der Waals surface area contributed by atoms with E-state index in [1.54, 1.807) is 12.4 Å². The molecule has 1 N–H and O–H groups in total. The van der Waals surface area contributed by atoms with Crippen molar-refractivity contribution in [3.8, 4) is 28.8 Å². The van der Waals surface area contributed by atoms with Gasteiger partial charge in [0.2, 0.25) is 5.88 Å². The largest absolute Gasteiger partial charge is 0.491 e. The van der Waals surface area contributed by atoms with Gasteiger partial charge in [-0.05, 0) is 29.7 Å². The van der Waals surface area contributed by atoms with Crippen molar-refractivity contribution in [1.82, 2.24) is 25.1 Å². The summed E-state index contributed by atoms with van der Waals surface area (Å²) in [5.74, 6) is 0.133. The molecule has 1 unspecified atom stereocenters. The van der Waals surface area contributed by atoms with Gasteiger partial charge >= 0.3 is 12.2 Å². The highest BCUT2D eigenvalue weighted by molar-refractivity contribution is 5.92. The maximum Gasteiger partial charge on any atom is 0.425 e. The first-order valence-electron chi connectivity index (χ1n) is 10.5. The summed E-state index contributed by atoms with van der Waals surface area (Å²) in [5.41, 5.74) is 2.57. The molecule has 0 fully saturated rings. The smallest absolute Gasteiger partial charge is 0.425 e. The number of nitrogens with one attached hydrogen (secondary N) is 1. The van der Waals surface area contributed by atoms with Gasteiger partial charge in [-0.25, -0.2) is 14.6 Å². The van der Waals surface area contributed by atoms with Crippen LogP contribution >= 0.6 is 0 Å². The number of rotatable bonds is 4. The molecule has 0 radical (unpaired) electrons. The number of carbonyl (C=O) groups excluding carboxylic acids is 1. The quantitative estimate of drug-likeness (QED) is 0.619. The number of hydrogen-bond acceptors (Lipinski definition) is 7. The van der Waals surface area contributed by atoms with Crippen molar-refractivity contribution in [2.24, 2.45) is 0 Å². The fourth-order valence-electron chi connectivity index (χ4n) is 3.94. The van der Waals surface area contributed by atoms with Gasteiger partial charge in [-0.2, -0.15) is 18.3 Å². The predicted octanol–water partition coefficient (Wildman–Crippen LogP) is 2.80. The van der Waals surface area contributed by atoms with Crippen LogP contribution in [0.15, 0.2) is 36.7 Å². The van der Waals surface area contributed by atoms with Crippen molar-refractivity contribution < 1.29 is 32.2 Å². The van der Waals surface area contributed by atoms with Crippen LogP contribution in [-0.2, 0) is 13.0 Å². The van der Waals surface area contributed by atoms with E-state index in [0.717, 1.165) is 16.7 Å². The minimum atomic E-state index is -4.47. The van der Waals surface area contributed by atoms with Crippen LogP contribution in [0.2, 0.25) is 0 Å². The van der Waals surface area contributed by atoms with Crippen molar-refractivity contribution in [2.45, 2.75) is 37.7 Å². The molecule has 0 saturated heterocycles. The highest BCUT2D eigenvalue weighted by atomic mass is 19.4. The van der Waals surface area contributed by atoms with Gasteiger partial charge in [0.1, 0.15) is 12.4 Å². The van der Waals surface area contributed by atoms with E-state index in [1.807, 2.05) is 18.2 Å². The minimum Gasteiger partial charge on any atom is -0.491 e. The lowest BCUT2D eigenvalue weighted by Crippen LogP contribution is -2.42. The third kappa shape index (κ3) is 4.35. The van der Waals surface area contributed by atoms with Gasteiger partial charge < -0.3 is 19.5 Å². The first-order valence-corrected chi connectivity index (χ1v) is 10.5. The van der Waals surface area contributed by atoms with Crippen LogP contribution < -0.4 is 19.5 Å². The van der Waals surface area contributed by atoms with Crippen LogP contribution in [-0.4, -0.2) is 57.7 Å². The summed E-state index contributed by atoms with van der Waals surface area (Å²) in [7, 11) is 1.49. The molecule has 3 aromatic rings. The van der Waals surface area contributed by atoms with Crippen LogP contribution in [0.1, 0.15) is 22.5 Å². The van der Waals surface area contributed by atoms with Gasteiger partial charge in [0.25, 0.3) is 5.91 Å². The van der Waals surface area contributed by atoms with E-state index in [1.165, 1.54) is 17.9 Å². The van der Waals surface area contributed by atoms with Gasteiger partial charge in [-0.1, -0.05) is 6.07 Å². The molecule has 178 valence electrons. The standard InChI is InChI=1S/C22H20F3N5O4/c1-32-21-26-9-14(10-27-21)12-2-3-17-13(6-12)7-15(11-33-17)28-20(31)16-8-19-30(29-16)5-4-18(34-19)22(23,24)25/h2-3,6,8-10,15,18H,4-5,7,11H2,1H3,(H,28,31)/t15-,18?/m1/s1. The molecule has 0 bridgehead atoms. The van der Waals surface area contributed by atoms with E-state index in [4.69, 9.17) is 14.2 Å². The summed E-state index contributed by atoms with van der Waals surface area (Å²) >= 11 is 0. The number of nitrogens with zero attached hydrogens (tertiary/aromatic N) is 4. The zero-order valence-corrected chi connectivity index (χ0v) is 18.0. The fraction of sp³-hybridized carbons (Fsp3) is 0.364. The van der Waals surface area contributed by atoms with E-state index < -0.39 is 18.2 Å². The Balaban J connectivity index is 1.27. The zero-order valence-electron chi connectivity index (χ0n) is 18.0. The Morgan fingerprint density at radius 2 is 2.00 bits per heavy atom. The molecule has 1 amide bonds. The second-order valence-corrected chi connectivity index (χ2v) is 7.99. The van der Waals surface area contributed by atoms with Crippen molar-refractivity contribution in [2.75, 3.05) is 13.7 Å². The van der Waals surface area contributed by atoms with E-state index >= 15 is 0 Å². The summed E-state index contributed by atoms with van der Waals surface area (Å²) in [6.07, 6.45) is -2.81. The topological polar surface area (TPSA) is 100 Å². The van der Waals surface area contributed by atoms with Crippen molar-refractivity contribution in [3.05, 3.63) is 47.9 Å². The Hall–Kier alpha value is -3.83. The molecular weight excluding hydrogens is 455 g/mol. The summed E-state index contributed by atoms with van der Waals surface area (Å²) in [6, 6.07) is 6.85. The van der Waals surface area contributed by atoms with Gasteiger partial charge in [0.15, 0.2) is 11.8 Å². The Morgan fingerprint density at radius 3 is 2.74 bits per heavy atom. The zero-order chi connectivity index (χ0) is 23.9. The number of amides is 1. The number of aromatic nitrogens is 4. The maximum atomic E-state index is 12.9. The molecule has 1 aromatic carbocycles. The second kappa shape index (κ2) is 8.50. The first-order chi connectivity index (χ1) is 16.3. The van der Waals surface area contributed by atoms with E-state index in [0.29, 0.717) is 12.2 Å². The number of benzene rings is 1. The molecule has 2 aliphatic rings. The number of aryl methyl sites for hydroxylation is 1. The van der Waals surface area contributed by atoms with Crippen molar-refractivity contribution >= 4 is 5.91 Å². The van der Waals surface area contributed by atoms with Crippen LogP contribution in [0.25, 0.3) is 11.1 Å². The molecule has 34 heavy (non-hydrogen) atoms. The third-order valence-electron chi connectivity index (χ3n) is 5.65. The van der Waals surface area contributed by atoms with Crippen LogP contribution in [0.3, 0.4) is 0 Å². The highest BCUT2D eigenvalue weighted by Gasteiger charge is 2.44. The van der Waals surface area contributed by atoms with Crippen molar-refractivity contribution in [1.29, 1.82) is 0 Å². The number of methoxy groups -OCH3 is 1. The SMILES string of the molecule is COc1ncc(-c2ccc3c(c2)C[C@@H](NC(=O)c2cc4n(n2)CCC(C(F)(F)F)O4)CO3)cn1. The average molecular weight is 475 g/mol. The molecule has 4 heterocycles. The van der Waals surface area contributed by atoms with Crippen LogP contribution in [0.5, 0.6) is 17.6 Å². The Morgan fingerprint density at radius 1 is 1.21 bits per heavy atom. The fourth-order valence-corrected chi connectivity index (χ4v) is 3.94. The minimum absolute atomic E-state index is 0.00671. The van der Waals surface area contributed by atoms with Crippen LogP contribution in [0, 0.1) is 0 Å². The highest BCUT2D eigenvalue weighted by Crippen LogP contribution is 2.32. The van der Waals surface area contributed by atoms with Gasteiger partial charge in [-0.3, -0.25) is 4.79 Å².